The predicted octanol–water partition coefficient (Wildman–Crippen LogP) is 3.99. The van der Waals surface area contributed by atoms with Crippen molar-refractivity contribution in [1.82, 2.24) is 4.57 Å². The molecule has 3 aromatic carbocycles. The summed E-state index contributed by atoms with van der Waals surface area (Å²) in [5.74, 6) is 0.158. The van der Waals surface area contributed by atoms with Crippen LogP contribution in [0.1, 0.15) is 10.4 Å². The van der Waals surface area contributed by atoms with Crippen LogP contribution in [0.25, 0.3) is 16.6 Å². The van der Waals surface area contributed by atoms with Crippen molar-refractivity contribution < 1.29 is 19.4 Å². The minimum absolute atomic E-state index is 0.315. The molecule has 0 aliphatic rings. The first-order valence-corrected chi connectivity index (χ1v) is 9.89. The molecule has 0 aliphatic carbocycles. The standard InChI is InChI=1S/C25H22N2O5/c1-26(16-7-5-4-6-8-16)24(29)22-23(28)20-14-13-19(32-3)15-21(20)27(25(22)30)17-9-11-18(31-2)12-10-17/h4-15,28H,1-3H3. The molecule has 4 aromatic rings. The number of amides is 1. The zero-order valence-corrected chi connectivity index (χ0v) is 17.9. The molecule has 0 unspecified atom stereocenters. The van der Waals surface area contributed by atoms with Crippen molar-refractivity contribution in [3.05, 3.63) is 88.7 Å². The summed E-state index contributed by atoms with van der Waals surface area (Å²) in [7, 11) is 4.63. The molecule has 0 saturated heterocycles. The number of rotatable bonds is 5. The molecular formula is C25H22N2O5. The van der Waals surface area contributed by atoms with E-state index in [1.165, 1.54) is 16.6 Å². The molecule has 0 fully saturated rings. The van der Waals surface area contributed by atoms with E-state index >= 15 is 0 Å². The quantitative estimate of drug-likeness (QED) is 0.518. The average molecular weight is 430 g/mol. The van der Waals surface area contributed by atoms with Gasteiger partial charge in [-0.1, -0.05) is 18.2 Å². The van der Waals surface area contributed by atoms with Crippen LogP contribution in [0.5, 0.6) is 17.2 Å². The van der Waals surface area contributed by atoms with Crippen LogP contribution in [0.3, 0.4) is 0 Å². The zero-order chi connectivity index (χ0) is 22.8. The van der Waals surface area contributed by atoms with Gasteiger partial charge in [0.2, 0.25) is 0 Å². The highest BCUT2D eigenvalue weighted by Crippen LogP contribution is 2.32. The molecule has 1 heterocycles. The molecule has 7 nitrogen and oxygen atoms in total. The Morgan fingerprint density at radius 1 is 0.906 bits per heavy atom. The zero-order valence-electron chi connectivity index (χ0n) is 17.9. The topological polar surface area (TPSA) is 81.0 Å². The van der Waals surface area contributed by atoms with Gasteiger partial charge in [-0.3, -0.25) is 14.2 Å². The lowest BCUT2D eigenvalue weighted by atomic mass is 10.1. The average Bonchev–Trinajstić information content (AvgIpc) is 2.84. The van der Waals surface area contributed by atoms with Crippen molar-refractivity contribution in [2.45, 2.75) is 0 Å². The number of fused-ring (bicyclic) bond motifs is 1. The second kappa shape index (κ2) is 8.47. The Bertz CT molecular complexity index is 1350. The fourth-order valence-electron chi connectivity index (χ4n) is 3.60. The molecule has 0 aliphatic heterocycles. The number of hydrogen-bond acceptors (Lipinski definition) is 5. The molecule has 4 rings (SSSR count). The van der Waals surface area contributed by atoms with Gasteiger partial charge < -0.3 is 19.5 Å². The van der Waals surface area contributed by atoms with Crippen LogP contribution in [0, 0.1) is 0 Å². The molecule has 7 heteroatoms. The number of anilines is 1. The van der Waals surface area contributed by atoms with Gasteiger partial charge >= 0.3 is 0 Å². The summed E-state index contributed by atoms with van der Waals surface area (Å²) in [6.45, 7) is 0. The predicted molar refractivity (Wildman–Crippen MR) is 123 cm³/mol. The van der Waals surface area contributed by atoms with Gasteiger partial charge in [0, 0.05) is 29.9 Å². The normalized spacial score (nSPS) is 10.7. The van der Waals surface area contributed by atoms with Gasteiger partial charge in [-0.2, -0.15) is 0 Å². The van der Waals surface area contributed by atoms with Crippen LogP contribution < -0.4 is 19.9 Å². The smallest absolute Gasteiger partial charge is 0.272 e. The largest absolute Gasteiger partial charge is 0.506 e. The van der Waals surface area contributed by atoms with Gasteiger partial charge in [0.15, 0.2) is 0 Å². The van der Waals surface area contributed by atoms with Crippen molar-refractivity contribution in [2.24, 2.45) is 0 Å². The summed E-state index contributed by atoms with van der Waals surface area (Å²) >= 11 is 0. The van der Waals surface area contributed by atoms with E-state index in [-0.39, 0.29) is 11.3 Å². The molecule has 0 radical (unpaired) electrons. The SMILES string of the molecule is COc1ccc(-n2c(=O)c(C(=O)N(C)c3ccccc3)c(O)c3ccc(OC)cc32)cc1. The summed E-state index contributed by atoms with van der Waals surface area (Å²) in [4.78, 5) is 28.3. The number of nitrogens with zero attached hydrogens (tertiary/aromatic N) is 2. The number of para-hydroxylation sites is 1. The maximum absolute atomic E-state index is 13.6. The minimum Gasteiger partial charge on any atom is -0.506 e. The van der Waals surface area contributed by atoms with E-state index < -0.39 is 11.5 Å². The van der Waals surface area contributed by atoms with Crippen LogP contribution in [0.2, 0.25) is 0 Å². The monoisotopic (exact) mass is 430 g/mol. The Morgan fingerprint density at radius 2 is 1.53 bits per heavy atom. The lowest BCUT2D eigenvalue weighted by Gasteiger charge is -2.20. The number of aromatic nitrogens is 1. The van der Waals surface area contributed by atoms with Crippen molar-refractivity contribution in [3.63, 3.8) is 0 Å². The Kier molecular flexibility index (Phi) is 5.55. The molecule has 1 amide bonds. The molecule has 0 spiro atoms. The summed E-state index contributed by atoms with van der Waals surface area (Å²) < 4.78 is 11.9. The van der Waals surface area contributed by atoms with Crippen LogP contribution in [-0.2, 0) is 0 Å². The van der Waals surface area contributed by atoms with E-state index in [0.717, 1.165) is 0 Å². The van der Waals surface area contributed by atoms with Gasteiger partial charge in [-0.15, -0.1) is 0 Å². The molecule has 162 valence electrons. The molecule has 0 atom stereocenters. The van der Waals surface area contributed by atoms with Crippen LogP contribution in [-0.4, -0.2) is 36.8 Å². The van der Waals surface area contributed by atoms with Crippen LogP contribution in [0.4, 0.5) is 5.69 Å². The molecule has 0 bridgehead atoms. The van der Waals surface area contributed by atoms with Crippen molar-refractivity contribution in [1.29, 1.82) is 0 Å². The highest BCUT2D eigenvalue weighted by Gasteiger charge is 2.26. The molecule has 32 heavy (non-hydrogen) atoms. The second-order valence-corrected chi connectivity index (χ2v) is 7.14. The van der Waals surface area contributed by atoms with E-state index in [9.17, 15) is 14.7 Å². The second-order valence-electron chi connectivity index (χ2n) is 7.14. The molecular weight excluding hydrogens is 408 g/mol. The van der Waals surface area contributed by atoms with Crippen molar-refractivity contribution >= 4 is 22.5 Å². The first-order chi connectivity index (χ1) is 15.5. The van der Waals surface area contributed by atoms with Crippen molar-refractivity contribution in [3.8, 4) is 22.9 Å². The lowest BCUT2D eigenvalue weighted by molar-refractivity contribution is 0.0989. The maximum atomic E-state index is 13.6. The maximum Gasteiger partial charge on any atom is 0.272 e. The number of methoxy groups -OCH3 is 2. The first-order valence-electron chi connectivity index (χ1n) is 9.89. The number of carbonyl (C=O) groups excluding carboxylic acids is 1. The van der Waals surface area contributed by atoms with Gasteiger partial charge in [0.05, 0.1) is 19.7 Å². The Hall–Kier alpha value is -4.26. The van der Waals surface area contributed by atoms with E-state index in [0.29, 0.717) is 33.8 Å². The highest BCUT2D eigenvalue weighted by molar-refractivity contribution is 6.10. The number of aromatic hydroxyl groups is 1. The third-order valence-electron chi connectivity index (χ3n) is 5.35. The van der Waals surface area contributed by atoms with Crippen molar-refractivity contribution in [2.75, 3.05) is 26.2 Å². The number of carbonyl (C=O) groups is 1. The fraction of sp³-hybridized carbons (Fsp3) is 0.120. The summed E-state index contributed by atoms with van der Waals surface area (Å²) in [6, 6.07) is 20.7. The van der Waals surface area contributed by atoms with E-state index in [2.05, 4.69) is 0 Å². The Labute approximate surface area is 184 Å². The lowest BCUT2D eigenvalue weighted by Crippen LogP contribution is -2.34. The number of hydrogen-bond donors (Lipinski definition) is 1. The highest BCUT2D eigenvalue weighted by atomic mass is 16.5. The summed E-state index contributed by atoms with van der Waals surface area (Å²) in [6.07, 6.45) is 0. The third-order valence-corrected chi connectivity index (χ3v) is 5.35. The third kappa shape index (κ3) is 3.54. The van der Waals surface area contributed by atoms with E-state index in [4.69, 9.17) is 9.47 Å². The van der Waals surface area contributed by atoms with Gasteiger partial charge in [-0.25, -0.2) is 0 Å². The summed E-state index contributed by atoms with van der Waals surface area (Å²) in [5, 5.41) is 11.3. The summed E-state index contributed by atoms with van der Waals surface area (Å²) in [5.41, 5.74) is 0.578. The number of pyridine rings is 1. The van der Waals surface area contributed by atoms with Gasteiger partial charge in [-0.05, 0) is 48.5 Å². The first kappa shape index (κ1) is 21.0. The van der Waals surface area contributed by atoms with Crippen LogP contribution in [0.15, 0.2) is 77.6 Å². The van der Waals surface area contributed by atoms with Gasteiger partial charge in [0.1, 0.15) is 22.8 Å². The number of ether oxygens (including phenoxy) is 2. The number of benzene rings is 3. The fourth-order valence-corrected chi connectivity index (χ4v) is 3.60. The van der Waals surface area contributed by atoms with E-state index in [1.807, 2.05) is 6.07 Å². The van der Waals surface area contributed by atoms with Crippen LogP contribution >= 0.6 is 0 Å². The Balaban J connectivity index is 2.00. The van der Waals surface area contributed by atoms with Gasteiger partial charge in [0.25, 0.3) is 11.5 Å². The molecule has 0 saturated carbocycles. The minimum atomic E-state index is -0.638. The Morgan fingerprint density at radius 3 is 2.16 bits per heavy atom. The van der Waals surface area contributed by atoms with E-state index in [1.54, 1.807) is 80.9 Å². The molecule has 1 aromatic heterocycles. The molecule has 1 N–H and O–H groups in total.